The lowest BCUT2D eigenvalue weighted by molar-refractivity contribution is -0.116. The molecule has 0 radical (unpaired) electrons. The van der Waals surface area contributed by atoms with Gasteiger partial charge < -0.3 is 16.0 Å². The van der Waals surface area contributed by atoms with Crippen molar-refractivity contribution in [2.24, 2.45) is 4.99 Å². The number of nitrogens with zero attached hydrogens (tertiary/aromatic N) is 1. The third kappa shape index (κ3) is 5.85. The number of guanidine groups is 1. The summed E-state index contributed by atoms with van der Waals surface area (Å²) in [5.41, 5.74) is 2.51. The van der Waals surface area contributed by atoms with Gasteiger partial charge >= 0.3 is 0 Å². The van der Waals surface area contributed by atoms with Crippen molar-refractivity contribution in [2.45, 2.75) is 31.6 Å². The molecular formula is C22H27ClFIN4O. The zero-order valence-electron chi connectivity index (χ0n) is 17.3. The second-order valence-electron chi connectivity index (χ2n) is 7.85. The molecule has 0 aromatic heterocycles. The predicted molar refractivity (Wildman–Crippen MR) is 132 cm³/mol. The zero-order chi connectivity index (χ0) is 21.0. The van der Waals surface area contributed by atoms with Crippen LogP contribution in [0.4, 0.5) is 10.1 Å². The van der Waals surface area contributed by atoms with Crippen LogP contribution >= 0.6 is 35.6 Å². The van der Waals surface area contributed by atoms with E-state index in [9.17, 15) is 9.18 Å². The van der Waals surface area contributed by atoms with Crippen LogP contribution in [-0.4, -0.2) is 32.0 Å². The first-order chi connectivity index (χ1) is 13.8. The first-order valence-electron chi connectivity index (χ1n) is 9.59. The lowest BCUT2D eigenvalue weighted by atomic mass is 9.84. The molecule has 8 heteroatoms. The molecule has 3 rings (SSSR count). The van der Waals surface area contributed by atoms with Gasteiger partial charge in [-0.25, -0.2) is 4.39 Å². The smallest absolute Gasteiger partial charge is 0.225 e. The van der Waals surface area contributed by atoms with Crippen molar-refractivity contribution in [1.82, 2.24) is 10.6 Å². The summed E-state index contributed by atoms with van der Waals surface area (Å²) in [5.74, 6) is 0.375. The minimum atomic E-state index is -0.350. The van der Waals surface area contributed by atoms with E-state index in [1.165, 1.54) is 12.1 Å². The first-order valence-corrected chi connectivity index (χ1v) is 9.97. The highest BCUT2D eigenvalue weighted by molar-refractivity contribution is 14.0. The molecule has 1 unspecified atom stereocenters. The van der Waals surface area contributed by atoms with Gasteiger partial charge in [-0.15, -0.1) is 24.0 Å². The Morgan fingerprint density at radius 1 is 1.27 bits per heavy atom. The summed E-state index contributed by atoms with van der Waals surface area (Å²) in [5, 5.41) is 9.94. The van der Waals surface area contributed by atoms with E-state index in [1.54, 1.807) is 13.1 Å². The summed E-state index contributed by atoms with van der Waals surface area (Å²) in [6, 6.07) is 12.3. The number of carbonyl (C=O) groups excluding carboxylic acids is 1. The lowest BCUT2D eigenvalue weighted by Gasteiger charge is -2.29. The standard InChI is InChI=1S/C22H26ClFN4O.HI/c1-22(2,17-9-8-15(24)11-18(17)23)13-27-21(25-3)26-12-14-10-20(29)28-19-7-5-4-6-16(14)19;/h4-9,11,14H,10,12-13H2,1-3H3,(H,28,29)(H2,25,26,27);1H. The molecule has 2 aromatic rings. The number of hydrogen-bond acceptors (Lipinski definition) is 2. The van der Waals surface area contributed by atoms with Gasteiger partial charge in [0.1, 0.15) is 5.82 Å². The summed E-state index contributed by atoms with van der Waals surface area (Å²) >= 11 is 6.24. The number of halogens is 3. The summed E-state index contributed by atoms with van der Waals surface area (Å²) < 4.78 is 13.4. The molecule has 1 aliphatic rings. The minimum absolute atomic E-state index is 0. The van der Waals surface area contributed by atoms with Gasteiger partial charge in [-0.2, -0.15) is 0 Å². The van der Waals surface area contributed by atoms with Crippen molar-refractivity contribution in [3.05, 3.63) is 64.4 Å². The van der Waals surface area contributed by atoms with E-state index in [4.69, 9.17) is 11.6 Å². The first kappa shape index (κ1) is 24.4. The fourth-order valence-electron chi connectivity index (χ4n) is 3.56. The molecule has 1 heterocycles. The predicted octanol–water partition coefficient (Wildman–Crippen LogP) is 4.67. The van der Waals surface area contributed by atoms with Gasteiger partial charge in [-0.1, -0.05) is 49.7 Å². The van der Waals surface area contributed by atoms with Crippen LogP contribution in [0.1, 0.15) is 37.3 Å². The van der Waals surface area contributed by atoms with Gasteiger partial charge in [-0.05, 0) is 29.3 Å². The topological polar surface area (TPSA) is 65.5 Å². The number of para-hydroxylation sites is 1. The number of aliphatic imine (C=N–C) groups is 1. The van der Waals surface area contributed by atoms with E-state index >= 15 is 0 Å². The quantitative estimate of drug-likeness (QED) is 0.291. The summed E-state index contributed by atoms with van der Waals surface area (Å²) in [6.45, 7) is 5.21. The molecule has 2 aromatic carbocycles. The van der Waals surface area contributed by atoms with Crippen molar-refractivity contribution >= 4 is 53.1 Å². The number of nitrogens with one attached hydrogen (secondary N) is 3. The van der Waals surface area contributed by atoms with Gasteiger partial charge in [0.2, 0.25) is 5.91 Å². The fraction of sp³-hybridized carbons (Fsp3) is 0.364. The molecular weight excluding hydrogens is 518 g/mol. The van der Waals surface area contributed by atoms with E-state index in [-0.39, 0.29) is 47.0 Å². The van der Waals surface area contributed by atoms with Crippen LogP contribution in [0.3, 0.4) is 0 Å². The molecule has 0 saturated carbocycles. The van der Waals surface area contributed by atoms with E-state index in [1.807, 2.05) is 38.1 Å². The van der Waals surface area contributed by atoms with Gasteiger partial charge in [0.25, 0.3) is 0 Å². The summed E-state index contributed by atoms with van der Waals surface area (Å²) in [6.07, 6.45) is 0.428. The van der Waals surface area contributed by atoms with Crippen LogP contribution in [0.5, 0.6) is 0 Å². The third-order valence-electron chi connectivity index (χ3n) is 5.20. The van der Waals surface area contributed by atoms with Crippen molar-refractivity contribution in [3.63, 3.8) is 0 Å². The Hall–Kier alpha value is -1.87. The van der Waals surface area contributed by atoms with Gasteiger partial charge in [0.15, 0.2) is 5.96 Å². The van der Waals surface area contributed by atoms with Crippen molar-refractivity contribution in [1.29, 1.82) is 0 Å². The largest absolute Gasteiger partial charge is 0.356 e. The number of benzene rings is 2. The maximum absolute atomic E-state index is 13.4. The molecule has 1 atom stereocenters. The maximum atomic E-state index is 13.4. The minimum Gasteiger partial charge on any atom is -0.356 e. The van der Waals surface area contributed by atoms with E-state index < -0.39 is 0 Å². The van der Waals surface area contributed by atoms with Crippen molar-refractivity contribution < 1.29 is 9.18 Å². The molecule has 162 valence electrons. The molecule has 0 fully saturated rings. The highest BCUT2D eigenvalue weighted by Gasteiger charge is 2.26. The molecule has 1 aliphatic heterocycles. The Bertz CT molecular complexity index is 935. The van der Waals surface area contributed by atoms with Crippen molar-refractivity contribution in [3.8, 4) is 0 Å². The van der Waals surface area contributed by atoms with Crippen LogP contribution in [0.25, 0.3) is 0 Å². The number of amides is 1. The maximum Gasteiger partial charge on any atom is 0.225 e. The Morgan fingerprint density at radius 3 is 2.70 bits per heavy atom. The number of hydrogen-bond donors (Lipinski definition) is 3. The van der Waals surface area contributed by atoms with Crippen molar-refractivity contribution in [2.75, 3.05) is 25.5 Å². The van der Waals surface area contributed by atoms with Crippen LogP contribution in [0.15, 0.2) is 47.5 Å². The second-order valence-corrected chi connectivity index (χ2v) is 8.26. The van der Waals surface area contributed by atoms with Gasteiger partial charge in [0.05, 0.1) is 0 Å². The summed E-state index contributed by atoms with van der Waals surface area (Å²) in [7, 11) is 1.70. The molecule has 0 saturated heterocycles. The Kier molecular flexibility index (Phi) is 8.49. The number of rotatable bonds is 5. The summed E-state index contributed by atoms with van der Waals surface area (Å²) in [4.78, 5) is 16.3. The fourth-order valence-corrected chi connectivity index (χ4v) is 3.99. The van der Waals surface area contributed by atoms with Gasteiger partial charge in [-0.3, -0.25) is 9.79 Å². The Balaban J connectivity index is 0.00000320. The highest BCUT2D eigenvalue weighted by atomic mass is 127. The molecule has 1 amide bonds. The average molecular weight is 545 g/mol. The number of carbonyl (C=O) groups is 1. The van der Waals surface area contributed by atoms with Crippen LogP contribution < -0.4 is 16.0 Å². The average Bonchev–Trinajstić information content (AvgIpc) is 2.67. The normalized spacial score (nSPS) is 16.2. The van der Waals surface area contributed by atoms with Gasteiger partial charge in [0, 0.05) is 48.6 Å². The van der Waals surface area contributed by atoms with E-state index in [0.29, 0.717) is 30.5 Å². The van der Waals surface area contributed by atoms with E-state index in [2.05, 4.69) is 20.9 Å². The molecule has 0 aliphatic carbocycles. The molecule has 5 nitrogen and oxygen atoms in total. The van der Waals surface area contributed by atoms with Crippen LogP contribution in [-0.2, 0) is 10.2 Å². The SMILES string of the molecule is CN=C(NCC1CC(=O)Nc2ccccc21)NCC(C)(C)c1ccc(F)cc1Cl.I. The second kappa shape index (κ2) is 10.4. The molecule has 0 spiro atoms. The van der Waals surface area contributed by atoms with E-state index in [0.717, 1.165) is 16.8 Å². The number of fused-ring (bicyclic) bond motifs is 1. The van der Waals surface area contributed by atoms with Crippen LogP contribution in [0.2, 0.25) is 5.02 Å². The molecule has 30 heavy (non-hydrogen) atoms. The zero-order valence-corrected chi connectivity index (χ0v) is 20.3. The Morgan fingerprint density at radius 2 is 2.00 bits per heavy atom. The Labute approximate surface area is 198 Å². The number of anilines is 1. The highest BCUT2D eigenvalue weighted by Crippen LogP contribution is 2.32. The molecule has 3 N–H and O–H groups in total. The van der Waals surface area contributed by atoms with Crippen LogP contribution in [0, 0.1) is 5.82 Å². The lowest BCUT2D eigenvalue weighted by Crippen LogP contribution is -2.45. The molecule has 0 bridgehead atoms. The monoisotopic (exact) mass is 544 g/mol. The third-order valence-corrected chi connectivity index (χ3v) is 5.52.